The zero-order valence-corrected chi connectivity index (χ0v) is 20.3. The van der Waals surface area contributed by atoms with Crippen molar-refractivity contribution in [2.75, 3.05) is 26.7 Å². The number of aliphatic hydroxyl groups excluding tert-OH is 1. The van der Waals surface area contributed by atoms with Gasteiger partial charge in [0.2, 0.25) is 5.91 Å². The van der Waals surface area contributed by atoms with Crippen molar-refractivity contribution in [1.29, 1.82) is 0 Å². The molecule has 2 bridgehead atoms. The zero-order valence-electron chi connectivity index (χ0n) is 18.6. The molecule has 0 unspecified atom stereocenters. The molecule has 1 N–H and O–H groups in total. The number of ether oxygens (including phenoxy) is 1. The van der Waals surface area contributed by atoms with Gasteiger partial charge in [-0.15, -0.1) is 16.4 Å². The largest absolute Gasteiger partial charge is 0.394 e. The van der Waals surface area contributed by atoms with Gasteiger partial charge in [0.05, 0.1) is 31.6 Å². The summed E-state index contributed by atoms with van der Waals surface area (Å²) in [5, 5.41) is 19.6. The lowest BCUT2D eigenvalue weighted by Gasteiger charge is -2.35. The van der Waals surface area contributed by atoms with E-state index in [1.807, 2.05) is 6.92 Å². The van der Waals surface area contributed by atoms with E-state index in [9.17, 15) is 18.3 Å². The predicted octanol–water partition coefficient (Wildman–Crippen LogP) is 1.18. The summed E-state index contributed by atoms with van der Waals surface area (Å²) >= 11 is 1.17. The summed E-state index contributed by atoms with van der Waals surface area (Å²) in [4.78, 5) is 14.6. The molecule has 0 saturated heterocycles. The Kier molecular flexibility index (Phi) is 8.39. The van der Waals surface area contributed by atoms with Crippen LogP contribution in [0.5, 0.6) is 0 Å². The number of rotatable bonds is 6. The van der Waals surface area contributed by atoms with Crippen LogP contribution in [-0.2, 0) is 32.7 Å². The van der Waals surface area contributed by atoms with E-state index in [-0.39, 0.29) is 41.8 Å². The van der Waals surface area contributed by atoms with Gasteiger partial charge in [0.1, 0.15) is 9.90 Å². The number of sulfonamides is 1. The first-order valence-corrected chi connectivity index (χ1v) is 12.9. The lowest BCUT2D eigenvalue weighted by Crippen LogP contribution is -2.47. The van der Waals surface area contributed by atoms with Gasteiger partial charge < -0.3 is 14.7 Å². The first-order chi connectivity index (χ1) is 15.2. The number of aromatic nitrogens is 3. The molecule has 32 heavy (non-hydrogen) atoms. The van der Waals surface area contributed by atoms with Crippen LogP contribution in [0.15, 0.2) is 27.9 Å². The molecule has 1 aliphatic rings. The third-order valence-corrected chi connectivity index (χ3v) is 8.84. The number of hydrogen-bond donors (Lipinski definition) is 1. The number of amides is 1. The number of hydrogen-bond acceptors (Lipinski definition) is 8. The van der Waals surface area contributed by atoms with Gasteiger partial charge in [0.15, 0.2) is 0 Å². The van der Waals surface area contributed by atoms with E-state index >= 15 is 0 Å². The van der Waals surface area contributed by atoms with Crippen molar-refractivity contribution in [3.05, 3.63) is 29.4 Å². The summed E-state index contributed by atoms with van der Waals surface area (Å²) in [5.74, 6) is -0.249. The summed E-state index contributed by atoms with van der Waals surface area (Å²) in [7, 11) is -2.11. The van der Waals surface area contributed by atoms with Crippen LogP contribution < -0.4 is 0 Å². The maximum absolute atomic E-state index is 12.9. The van der Waals surface area contributed by atoms with Crippen LogP contribution in [0.4, 0.5) is 0 Å². The molecule has 1 aliphatic heterocycles. The molecule has 2 aromatic rings. The number of aliphatic hydroxyl groups is 1. The molecule has 12 heteroatoms. The number of carbonyl (C=O) groups excluding carboxylic acids is 1. The molecule has 0 fully saturated rings. The Balaban J connectivity index is 1.84. The number of nitrogens with zero attached hydrogens (tertiary/aromatic N) is 5. The summed E-state index contributed by atoms with van der Waals surface area (Å²) in [6, 6.07) is 2.93. The van der Waals surface area contributed by atoms with Crippen LogP contribution in [0.1, 0.15) is 32.4 Å². The molecule has 0 aromatic carbocycles. The third-order valence-electron chi connectivity index (χ3n) is 5.64. The topological polar surface area (TPSA) is 118 Å². The van der Waals surface area contributed by atoms with E-state index < -0.39 is 16.1 Å². The Labute approximate surface area is 192 Å². The average molecular weight is 486 g/mol. The lowest BCUT2D eigenvalue weighted by molar-refractivity contribution is -0.136. The first kappa shape index (κ1) is 24.8. The molecule has 2 aromatic heterocycles. The zero-order chi connectivity index (χ0) is 23.3. The summed E-state index contributed by atoms with van der Waals surface area (Å²) < 4.78 is 35.2. The summed E-state index contributed by atoms with van der Waals surface area (Å²) in [6.07, 6.45) is 2.22. The number of fused-ring (bicyclic) bond motifs is 2. The predicted molar refractivity (Wildman–Crippen MR) is 119 cm³/mol. The van der Waals surface area contributed by atoms with Crippen LogP contribution in [0.3, 0.4) is 0 Å². The highest BCUT2D eigenvalue weighted by molar-refractivity contribution is 7.91. The molecule has 10 nitrogen and oxygen atoms in total. The smallest absolute Gasteiger partial charge is 0.252 e. The van der Waals surface area contributed by atoms with Crippen LogP contribution in [0.2, 0.25) is 0 Å². The quantitative estimate of drug-likeness (QED) is 0.653. The van der Waals surface area contributed by atoms with Crippen LogP contribution >= 0.6 is 11.3 Å². The van der Waals surface area contributed by atoms with E-state index in [2.05, 4.69) is 10.3 Å². The second kappa shape index (κ2) is 10.8. The molecular weight excluding hydrogens is 454 g/mol. The number of thiophene rings is 1. The fourth-order valence-electron chi connectivity index (χ4n) is 3.61. The maximum Gasteiger partial charge on any atom is 0.252 e. The van der Waals surface area contributed by atoms with E-state index in [1.54, 1.807) is 40.2 Å². The Morgan fingerprint density at radius 3 is 2.91 bits per heavy atom. The number of aryl methyl sites for hydroxylation is 1. The van der Waals surface area contributed by atoms with Crippen molar-refractivity contribution in [1.82, 2.24) is 24.2 Å². The van der Waals surface area contributed by atoms with Crippen molar-refractivity contribution in [3.63, 3.8) is 0 Å². The lowest BCUT2D eigenvalue weighted by atomic mass is 10.0. The first-order valence-electron chi connectivity index (χ1n) is 10.6. The fraction of sp³-hybridized carbons (Fsp3) is 0.650. The van der Waals surface area contributed by atoms with Gasteiger partial charge in [-0.2, -0.15) is 4.31 Å². The van der Waals surface area contributed by atoms with Crippen molar-refractivity contribution >= 4 is 27.3 Å². The standard InChI is InChI=1S/C20H31N5O5S2/c1-15-10-25(16(2)13-26)19(27)6-4-8-24-11-17(21-22-24)14-30-18(15)12-23(3)32(28,29)20-7-5-9-31-20/h5,7,9,11,15-16,18,26H,4,6,8,10,12-14H2,1-3H3/t15-,16+,18+/m0/s1. The summed E-state index contributed by atoms with van der Waals surface area (Å²) in [6.45, 7) is 4.79. The minimum atomic E-state index is -3.64. The minimum absolute atomic E-state index is 0.0590. The van der Waals surface area contributed by atoms with Crippen LogP contribution in [0.25, 0.3) is 0 Å². The molecule has 3 atom stereocenters. The Hall–Kier alpha value is -1.86. The molecule has 0 saturated carbocycles. The summed E-state index contributed by atoms with van der Waals surface area (Å²) in [5.41, 5.74) is 0.650. The Bertz CT molecular complexity index is 978. The van der Waals surface area contributed by atoms with Gasteiger partial charge in [-0.05, 0) is 24.8 Å². The maximum atomic E-state index is 12.9. The van der Waals surface area contributed by atoms with Crippen LogP contribution in [-0.4, -0.2) is 82.5 Å². The van der Waals surface area contributed by atoms with Gasteiger partial charge in [-0.25, -0.2) is 8.42 Å². The van der Waals surface area contributed by atoms with Gasteiger partial charge in [-0.3, -0.25) is 9.48 Å². The second-order valence-corrected chi connectivity index (χ2v) is 11.4. The monoisotopic (exact) mass is 485 g/mol. The molecule has 3 rings (SSSR count). The normalized spacial score (nSPS) is 22.3. The molecule has 0 spiro atoms. The van der Waals surface area contributed by atoms with Crippen molar-refractivity contribution in [2.45, 2.75) is 56.2 Å². The molecule has 178 valence electrons. The van der Waals surface area contributed by atoms with Crippen molar-refractivity contribution < 1.29 is 23.1 Å². The van der Waals surface area contributed by atoms with E-state index in [0.29, 0.717) is 31.6 Å². The van der Waals surface area contributed by atoms with E-state index in [4.69, 9.17) is 4.74 Å². The number of likely N-dealkylation sites (N-methyl/N-ethyl adjacent to an activating group) is 1. The average Bonchev–Trinajstić information content (AvgIpc) is 3.46. The number of carbonyl (C=O) groups is 1. The third kappa shape index (κ3) is 5.93. The fourth-order valence-corrected chi connectivity index (χ4v) is 5.99. The highest BCUT2D eigenvalue weighted by Gasteiger charge is 2.31. The highest BCUT2D eigenvalue weighted by atomic mass is 32.2. The van der Waals surface area contributed by atoms with E-state index in [1.165, 1.54) is 22.7 Å². The van der Waals surface area contributed by atoms with Crippen LogP contribution in [0, 0.1) is 5.92 Å². The van der Waals surface area contributed by atoms with Crippen molar-refractivity contribution in [2.24, 2.45) is 5.92 Å². The van der Waals surface area contributed by atoms with Gasteiger partial charge in [-0.1, -0.05) is 18.2 Å². The van der Waals surface area contributed by atoms with Crippen molar-refractivity contribution in [3.8, 4) is 0 Å². The van der Waals surface area contributed by atoms with Gasteiger partial charge in [0.25, 0.3) is 10.0 Å². The second-order valence-electron chi connectivity index (χ2n) is 8.20. The molecule has 0 radical (unpaired) electrons. The van der Waals surface area contributed by atoms with Gasteiger partial charge in [0, 0.05) is 39.0 Å². The van der Waals surface area contributed by atoms with Gasteiger partial charge >= 0.3 is 0 Å². The molecular formula is C20H31N5O5S2. The van der Waals surface area contributed by atoms with E-state index in [0.717, 1.165) is 0 Å². The minimum Gasteiger partial charge on any atom is -0.394 e. The highest BCUT2D eigenvalue weighted by Crippen LogP contribution is 2.23. The molecule has 3 heterocycles. The Morgan fingerprint density at radius 2 is 2.22 bits per heavy atom. The SMILES string of the molecule is C[C@H](CO)N1C[C@H](C)[C@@H](CN(C)S(=O)(=O)c2cccs2)OCc2cn(nn2)CCCC1=O. The molecule has 1 amide bonds. The Morgan fingerprint density at radius 1 is 1.44 bits per heavy atom. The molecule has 0 aliphatic carbocycles.